The second kappa shape index (κ2) is 8.34. The molecule has 1 N–H and O–H groups in total. The molecule has 1 spiro atoms. The Bertz CT molecular complexity index is 648. The normalized spacial score (nSPS) is 25.4. The van der Waals surface area contributed by atoms with Gasteiger partial charge in [0.2, 0.25) is 5.91 Å². The Labute approximate surface area is 166 Å². The number of carbonyl (C=O) groups excluding carboxylic acids is 1. The molecule has 2 aliphatic carbocycles. The molecule has 1 aromatic carbocycles. The fraction of sp³-hybridized carbons (Fsp3) is 0.708. The molecule has 1 saturated carbocycles. The number of nitrogens with one attached hydrogen (secondary N) is 1. The Hall–Kier alpha value is -1.35. The summed E-state index contributed by atoms with van der Waals surface area (Å²) in [4.78, 5) is 15.0. The Morgan fingerprint density at radius 3 is 2.67 bits per heavy atom. The van der Waals surface area contributed by atoms with Crippen LogP contribution in [-0.2, 0) is 10.2 Å². The molecule has 1 aromatic rings. The SMILES string of the molecule is CCCC(=O)N[C@H]1CC2(CCN(CC3CCCCC3)CC2)c2ccccc21.[HH]. The van der Waals surface area contributed by atoms with Crippen LogP contribution >= 0.6 is 0 Å². The fourth-order valence-corrected chi connectivity index (χ4v) is 5.89. The lowest BCUT2D eigenvalue weighted by atomic mass is 9.73. The molecule has 4 rings (SSSR count). The van der Waals surface area contributed by atoms with E-state index < -0.39 is 0 Å². The number of rotatable bonds is 5. The van der Waals surface area contributed by atoms with Gasteiger partial charge in [-0.25, -0.2) is 0 Å². The number of likely N-dealkylation sites (tertiary alicyclic amines) is 1. The first kappa shape index (κ1) is 19.0. The van der Waals surface area contributed by atoms with Gasteiger partial charge in [-0.3, -0.25) is 4.79 Å². The van der Waals surface area contributed by atoms with E-state index >= 15 is 0 Å². The van der Waals surface area contributed by atoms with E-state index in [1.165, 1.54) is 75.7 Å². The van der Waals surface area contributed by atoms with Gasteiger partial charge in [-0.05, 0) is 68.7 Å². The second-order valence-corrected chi connectivity index (χ2v) is 9.25. The van der Waals surface area contributed by atoms with Gasteiger partial charge < -0.3 is 10.2 Å². The first-order chi connectivity index (χ1) is 13.2. The van der Waals surface area contributed by atoms with Gasteiger partial charge in [-0.2, -0.15) is 0 Å². The fourth-order valence-electron chi connectivity index (χ4n) is 5.89. The van der Waals surface area contributed by atoms with Crippen LogP contribution in [0.1, 0.15) is 89.7 Å². The predicted octanol–water partition coefficient (Wildman–Crippen LogP) is 5.21. The Balaban J connectivity index is 0.00000225. The van der Waals surface area contributed by atoms with Crippen molar-refractivity contribution in [3.8, 4) is 0 Å². The van der Waals surface area contributed by atoms with Crippen molar-refractivity contribution >= 4 is 5.91 Å². The summed E-state index contributed by atoms with van der Waals surface area (Å²) in [6, 6.07) is 9.11. The van der Waals surface area contributed by atoms with Crippen molar-refractivity contribution < 1.29 is 6.22 Å². The molecule has 3 heteroatoms. The van der Waals surface area contributed by atoms with E-state index in [1.54, 1.807) is 0 Å². The zero-order valence-electron chi connectivity index (χ0n) is 17.0. The molecule has 27 heavy (non-hydrogen) atoms. The van der Waals surface area contributed by atoms with Crippen molar-refractivity contribution in [1.82, 2.24) is 10.2 Å². The highest BCUT2D eigenvalue weighted by Crippen LogP contribution is 2.50. The molecule has 1 atom stereocenters. The number of fused-ring (bicyclic) bond motifs is 2. The molecule has 3 aliphatic rings. The monoisotopic (exact) mass is 370 g/mol. The number of benzene rings is 1. The third-order valence-electron chi connectivity index (χ3n) is 7.37. The summed E-state index contributed by atoms with van der Waals surface area (Å²) in [5, 5.41) is 3.33. The highest BCUT2D eigenvalue weighted by atomic mass is 16.1. The van der Waals surface area contributed by atoms with Gasteiger partial charge in [-0.1, -0.05) is 50.5 Å². The average Bonchev–Trinajstić information content (AvgIpc) is 2.98. The molecule has 3 nitrogen and oxygen atoms in total. The van der Waals surface area contributed by atoms with E-state index in [9.17, 15) is 4.79 Å². The maximum Gasteiger partial charge on any atom is 0.220 e. The molecule has 1 aliphatic heterocycles. The number of piperidine rings is 1. The summed E-state index contributed by atoms with van der Waals surface area (Å²) in [6.07, 6.45) is 12.4. The minimum absolute atomic E-state index is 0. The quantitative estimate of drug-likeness (QED) is 0.772. The number of hydrogen-bond acceptors (Lipinski definition) is 2. The molecule has 0 unspecified atom stereocenters. The summed E-state index contributed by atoms with van der Waals surface area (Å²) in [6.45, 7) is 5.83. The Morgan fingerprint density at radius 1 is 1.19 bits per heavy atom. The molecular formula is C24H38N2O. The van der Waals surface area contributed by atoms with Crippen molar-refractivity contribution in [2.75, 3.05) is 19.6 Å². The lowest BCUT2D eigenvalue weighted by molar-refractivity contribution is -0.121. The molecule has 150 valence electrons. The molecule has 0 radical (unpaired) electrons. The lowest BCUT2D eigenvalue weighted by Crippen LogP contribution is -2.44. The van der Waals surface area contributed by atoms with Crippen molar-refractivity contribution in [2.45, 2.75) is 82.6 Å². The van der Waals surface area contributed by atoms with Crippen LogP contribution < -0.4 is 5.32 Å². The third kappa shape index (κ3) is 4.08. The summed E-state index contributed by atoms with van der Waals surface area (Å²) < 4.78 is 0. The molecule has 1 saturated heterocycles. The zero-order chi connectivity index (χ0) is 18.7. The summed E-state index contributed by atoms with van der Waals surface area (Å²) in [5.41, 5.74) is 3.18. The molecule has 0 aromatic heterocycles. The largest absolute Gasteiger partial charge is 0.349 e. The van der Waals surface area contributed by atoms with Crippen LogP contribution in [0.2, 0.25) is 0 Å². The van der Waals surface area contributed by atoms with Gasteiger partial charge >= 0.3 is 0 Å². The molecule has 0 bridgehead atoms. The molecule has 1 heterocycles. The number of amides is 1. The summed E-state index contributed by atoms with van der Waals surface area (Å²) in [7, 11) is 0. The first-order valence-corrected chi connectivity index (χ1v) is 11.3. The van der Waals surface area contributed by atoms with Gasteiger partial charge in [0.05, 0.1) is 6.04 Å². The number of carbonyl (C=O) groups is 1. The van der Waals surface area contributed by atoms with Crippen molar-refractivity contribution in [2.24, 2.45) is 5.92 Å². The van der Waals surface area contributed by atoms with E-state index in [0.29, 0.717) is 6.42 Å². The Morgan fingerprint density at radius 2 is 1.93 bits per heavy atom. The number of nitrogens with zero attached hydrogens (tertiary/aromatic N) is 1. The minimum atomic E-state index is 0. The van der Waals surface area contributed by atoms with Gasteiger partial charge in [0.25, 0.3) is 0 Å². The average molecular weight is 371 g/mol. The van der Waals surface area contributed by atoms with Gasteiger partial charge in [0, 0.05) is 19.8 Å². The van der Waals surface area contributed by atoms with Crippen molar-refractivity contribution in [3.05, 3.63) is 35.4 Å². The molecule has 1 amide bonds. The maximum absolute atomic E-state index is 12.2. The zero-order valence-corrected chi connectivity index (χ0v) is 17.0. The van der Waals surface area contributed by atoms with E-state index in [4.69, 9.17) is 0 Å². The highest BCUT2D eigenvalue weighted by molar-refractivity contribution is 5.76. The van der Waals surface area contributed by atoms with E-state index in [1.807, 2.05) is 0 Å². The van der Waals surface area contributed by atoms with Crippen LogP contribution in [0.4, 0.5) is 0 Å². The van der Waals surface area contributed by atoms with Crippen molar-refractivity contribution in [3.63, 3.8) is 0 Å². The van der Waals surface area contributed by atoms with Gasteiger partial charge in [0.15, 0.2) is 0 Å². The predicted molar refractivity (Wildman–Crippen MR) is 113 cm³/mol. The maximum atomic E-state index is 12.2. The van der Waals surface area contributed by atoms with Crippen LogP contribution in [0, 0.1) is 5.92 Å². The third-order valence-corrected chi connectivity index (χ3v) is 7.37. The van der Waals surface area contributed by atoms with Crippen molar-refractivity contribution in [1.29, 1.82) is 0 Å². The van der Waals surface area contributed by atoms with Crippen LogP contribution in [0.5, 0.6) is 0 Å². The van der Waals surface area contributed by atoms with Crippen LogP contribution in [0.15, 0.2) is 24.3 Å². The molecule has 2 fully saturated rings. The van der Waals surface area contributed by atoms with Gasteiger partial charge in [-0.15, -0.1) is 0 Å². The summed E-state index contributed by atoms with van der Waals surface area (Å²) >= 11 is 0. The topological polar surface area (TPSA) is 32.3 Å². The van der Waals surface area contributed by atoms with E-state index in [2.05, 4.69) is 41.4 Å². The standard InChI is InChI=1S/C24H36N2O.H2/c1-2-8-23(27)25-22-17-24(21-12-7-6-11-20(21)22)13-15-26(16-14-24)18-19-9-4-3-5-10-19;/h6-7,11-12,19,22H,2-5,8-10,13-18H2,1H3,(H,25,27);1H/t22-;/m0./s1. The van der Waals surface area contributed by atoms with E-state index in [-0.39, 0.29) is 18.8 Å². The van der Waals surface area contributed by atoms with Gasteiger partial charge in [0.1, 0.15) is 0 Å². The number of hydrogen-bond donors (Lipinski definition) is 1. The highest BCUT2D eigenvalue weighted by Gasteiger charge is 2.45. The minimum Gasteiger partial charge on any atom is -0.349 e. The Kier molecular flexibility index (Phi) is 5.87. The smallest absolute Gasteiger partial charge is 0.220 e. The second-order valence-electron chi connectivity index (χ2n) is 9.25. The van der Waals surface area contributed by atoms with Crippen LogP contribution in [-0.4, -0.2) is 30.4 Å². The van der Waals surface area contributed by atoms with E-state index in [0.717, 1.165) is 18.8 Å². The summed E-state index contributed by atoms with van der Waals surface area (Å²) in [5.74, 6) is 1.15. The van der Waals surface area contributed by atoms with Crippen LogP contribution in [0.3, 0.4) is 0 Å². The lowest BCUT2D eigenvalue weighted by Gasteiger charge is -2.42. The molecular weight excluding hydrogens is 332 g/mol. The van der Waals surface area contributed by atoms with Crippen LogP contribution in [0.25, 0.3) is 0 Å². The first-order valence-electron chi connectivity index (χ1n) is 11.3.